The van der Waals surface area contributed by atoms with Crippen molar-refractivity contribution >= 4 is 27.6 Å². The molecular weight excluding hydrogens is 296 g/mol. The smallest absolute Gasteiger partial charge is 0.148 e. The van der Waals surface area contributed by atoms with Gasteiger partial charge in [-0.15, -0.1) is 0 Å². The number of rotatable bonds is 4. The molecule has 100 valence electrons. The molecule has 0 atom stereocenters. The Morgan fingerprint density at radius 3 is 3.11 bits per heavy atom. The van der Waals surface area contributed by atoms with Crippen LogP contribution in [0.5, 0.6) is 0 Å². The van der Waals surface area contributed by atoms with E-state index in [4.69, 9.17) is 4.74 Å². The zero-order valence-electron chi connectivity index (χ0n) is 10.7. The molecule has 1 fully saturated rings. The quantitative estimate of drug-likeness (QED) is 0.924. The number of ether oxygens (including phenoxy) is 1. The molecule has 0 radical (unpaired) electrons. The minimum Gasteiger partial charge on any atom is -0.380 e. The minimum absolute atomic E-state index is 0.758. The van der Waals surface area contributed by atoms with Crippen LogP contribution in [-0.2, 0) is 4.74 Å². The number of hydrogen-bond donors (Lipinski definition) is 1. The van der Waals surface area contributed by atoms with Crippen LogP contribution >= 0.6 is 15.9 Å². The summed E-state index contributed by atoms with van der Waals surface area (Å²) < 4.78 is 6.41. The van der Waals surface area contributed by atoms with Gasteiger partial charge in [0.1, 0.15) is 22.4 Å². The third kappa shape index (κ3) is 3.32. The SMILES string of the molecule is CCCNc1ncnc(N2CCCOCC2)c1Br. The molecule has 1 saturated heterocycles. The zero-order valence-corrected chi connectivity index (χ0v) is 12.2. The van der Waals surface area contributed by atoms with Crippen molar-refractivity contribution in [3.05, 3.63) is 10.8 Å². The summed E-state index contributed by atoms with van der Waals surface area (Å²) in [4.78, 5) is 10.9. The van der Waals surface area contributed by atoms with Crippen LogP contribution in [0.4, 0.5) is 11.6 Å². The molecule has 0 spiro atoms. The van der Waals surface area contributed by atoms with Crippen molar-refractivity contribution in [3.63, 3.8) is 0 Å². The van der Waals surface area contributed by atoms with E-state index in [2.05, 4.69) is 43.0 Å². The lowest BCUT2D eigenvalue weighted by atomic mass is 10.3. The first kappa shape index (κ1) is 13.5. The van der Waals surface area contributed by atoms with E-state index < -0.39 is 0 Å². The van der Waals surface area contributed by atoms with Crippen molar-refractivity contribution in [2.75, 3.05) is 43.1 Å². The first-order valence-electron chi connectivity index (χ1n) is 6.40. The number of hydrogen-bond acceptors (Lipinski definition) is 5. The number of anilines is 2. The summed E-state index contributed by atoms with van der Waals surface area (Å²) >= 11 is 3.60. The maximum Gasteiger partial charge on any atom is 0.148 e. The fraction of sp³-hybridized carbons (Fsp3) is 0.667. The van der Waals surface area contributed by atoms with Gasteiger partial charge >= 0.3 is 0 Å². The molecule has 0 amide bonds. The van der Waals surface area contributed by atoms with Crippen LogP contribution < -0.4 is 10.2 Å². The summed E-state index contributed by atoms with van der Waals surface area (Å²) in [7, 11) is 0. The van der Waals surface area contributed by atoms with Gasteiger partial charge in [-0.1, -0.05) is 6.92 Å². The average molecular weight is 315 g/mol. The molecule has 0 bridgehead atoms. The standard InChI is InChI=1S/C12H19BrN4O/c1-2-4-14-11-10(13)12(16-9-15-11)17-5-3-7-18-8-6-17/h9H,2-8H2,1H3,(H,14,15,16). The Morgan fingerprint density at radius 1 is 1.39 bits per heavy atom. The van der Waals surface area contributed by atoms with Gasteiger partial charge in [0, 0.05) is 26.2 Å². The van der Waals surface area contributed by atoms with E-state index in [0.29, 0.717) is 0 Å². The molecule has 1 aromatic heterocycles. The lowest BCUT2D eigenvalue weighted by molar-refractivity contribution is 0.152. The van der Waals surface area contributed by atoms with Gasteiger partial charge in [-0.05, 0) is 28.8 Å². The Kier molecular flexibility index (Phi) is 5.19. The van der Waals surface area contributed by atoms with E-state index in [1.807, 2.05) is 0 Å². The molecule has 1 aliphatic heterocycles. The van der Waals surface area contributed by atoms with E-state index in [0.717, 1.165) is 61.8 Å². The predicted molar refractivity (Wildman–Crippen MR) is 76.2 cm³/mol. The van der Waals surface area contributed by atoms with Crippen LogP contribution in [0, 0.1) is 0 Å². The highest BCUT2D eigenvalue weighted by molar-refractivity contribution is 9.10. The second-order valence-corrected chi connectivity index (χ2v) is 5.03. The highest BCUT2D eigenvalue weighted by Crippen LogP contribution is 2.29. The molecule has 5 nitrogen and oxygen atoms in total. The molecule has 0 unspecified atom stereocenters. The van der Waals surface area contributed by atoms with E-state index in [1.165, 1.54) is 0 Å². The number of nitrogens with zero attached hydrogens (tertiary/aromatic N) is 3. The van der Waals surface area contributed by atoms with Gasteiger partial charge in [0.25, 0.3) is 0 Å². The average Bonchev–Trinajstić information content (AvgIpc) is 2.66. The van der Waals surface area contributed by atoms with E-state index >= 15 is 0 Å². The van der Waals surface area contributed by atoms with Gasteiger partial charge in [-0.25, -0.2) is 9.97 Å². The third-order valence-corrected chi connectivity index (χ3v) is 3.57. The van der Waals surface area contributed by atoms with Crippen molar-refractivity contribution in [2.24, 2.45) is 0 Å². The molecule has 0 aromatic carbocycles. The fourth-order valence-electron chi connectivity index (χ4n) is 1.91. The summed E-state index contributed by atoms with van der Waals surface area (Å²) in [5.41, 5.74) is 0. The first-order valence-corrected chi connectivity index (χ1v) is 7.19. The molecule has 2 heterocycles. The molecule has 1 N–H and O–H groups in total. The van der Waals surface area contributed by atoms with Crippen molar-refractivity contribution < 1.29 is 4.74 Å². The molecule has 2 rings (SSSR count). The Bertz CT molecular complexity index is 380. The van der Waals surface area contributed by atoms with Crippen LogP contribution in [-0.4, -0.2) is 42.8 Å². The Morgan fingerprint density at radius 2 is 2.28 bits per heavy atom. The maximum absolute atomic E-state index is 5.47. The summed E-state index contributed by atoms with van der Waals surface area (Å²) in [6.07, 6.45) is 3.72. The van der Waals surface area contributed by atoms with Gasteiger partial charge in [0.15, 0.2) is 0 Å². The second kappa shape index (κ2) is 6.89. The van der Waals surface area contributed by atoms with Crippen LogP contribution in [0.25, 0.3) is 0 Å². The van der Waals surface area contributed by atoms with Crippen molar-refractivity contribution in [1.29, 1.82) is 0 Å². The van der Waals surface area contributed by atoms with E-state index in [-0.39, 0.29) is 0 Å². The maximum atomic E-state index is 5.47. The second-order valence-electron chi connectivity index (χ2n) is 4.24. The van der Waals surface area contributed by atoms with E-state index in [1.54, 1.807) is 6.33 Å². The Balaban J connectivity index is 2.15. The molecule has 6 heteroatoms. The lowest BCUT2D eigenvalue weighted by Crippen LogP contribution is -2.27. The van der Waals surface area contributed by atoms with Gasteiger partial charge in [0.2, 0.25) is 0 Å². The highest BCUT2D eigenvalue weighted by atomic mass is 79.9. The molecule has 1 aromatic rings. The highest BCUT2D eigenvalue weighted by Gasteiger charge is 2.16. The van der Waals surface area contributed by atoms with Gasteiger partial charge in [0.05, 0.1) is 6.61 Å². The predicted octanol–water partition coefficient (Wildman–Crippen LogP) is 2.29. The normalized spacial score (nSPS) is 16.4. The van der Waals surface area contributed by atoms with Crippen molar-refractivity contribution in [2.45, 2.75) is 19.8 Å². The fourth-order valence-corrected chi connectivity index (χ4v) is 2.50. The first-order chi connectivity index (χ1) is 8.83. The molecular formula is C12H19BrN4O. The van der Waals surface area contributed by atoms with Crippen molar-refractivity contribution in [3.8, 4) is 0 Å². The largest absolute Gasteiger partial charge is 0.380 e. The topological polar surface area (TPSA) is 50.3 Å². The monoisotopic (exact) mass is 314 g/mol. The summed E-state index contributed by atoms with van der Waals surface area (Å²) in [6.45, 7) is 6.49. The number of aromatic nitrogens is 2. The van der Waals surface area contributed by atoms with Crippen LogP contribution in [0.1, 0.15) is 19.8 Å². The Hall–Kier alpha value is -0.880. The van der Waals surface area contributed by atoms with Gasteiger partial charge in [-0.3, -0.25) is 0 Å². The van der Waals surface area contributed by atoms with Gasteiger partial charge < -0.3 is 15.0 Å². The summed E-state index contributed by atoms with van der Waals surface area (Å²) in [6, 6.07) is 0. The van der Waals surface area contributed by atoms with E-state index in [9.17, 15) is 0 Å². The number of nitrogens with one attached hydrogen (secondary N) is 1. The lowest BCUT2D eigenvalue weighted by Gasteiger charge is -2.22. The molecule has 0 aliphatic carbocycles. The molecule has 1 aliphatic rings. The summed E-state index contributed by atoms with van der Waals surface area (Å²) in [5, 5.41) is 3.30. The number of halogens is 1. The minimum atomic E-state index is 0.758. The van der Waals surface area contributed by atoms with Gasteiger partial charge in [-0.2, -0.15) is 0 Å². The third-order valence-electron chi connectivity index (χ3n) is 2.84. The zero-order chi connectivity index (χ0) is 12.8. The van der Waals surface area contributed by atoms with Crippen LogP contribution in [0.2, 0.25) is 0 Å². The Labute approximate surface area is 116 Å². The summed E-state index contributed by atoms with van der Waals surface area (Å²) in [5.74, 6) is 1.82. The van der Waals surface area contributed by atoms with Crippen LogP contribution in [0.15, 0.2) is 10.8 Å². The molecule has 18 heavy (non-hydrogen) atoms. The van der Waals surface area contributed by atoms with Crippen LogP contribution in [0.3, 0.4) is 0 Å². The molecule has 0 saturated carbocycles. The van der Waals surface area contributed by atoms with Crippen molar-refractivity contribution in [1.82, 2.24) is 9.97 Å².